The van der Waals surface area contributed by atoms with Crippen LogP contribution in [0.5, 0.6) is 0 Å². The second-order valence-corrected chi connectivity index (χ2v) is 4.81. The topological polar surface area (TPSA) is 59.2 Å². The van der Waals surface area contributed by atoms with Crippen molar-refractivity contribution in [3.63, 3.8) is 0 Å². The number of hydrogen-bond donors (Lipinski definition) is 1. The molecule has 1 aromatic heterocycles. The van der Waals surface area contributed by atoms with Crippen molar-refractivity contribution >= 4 is 17.2 Å². The van der Waals surface area contributed by atoms with Crippen molar-refractivity contribution in [1.29, 1.82) is 0 Å². The number of likely N-dealkylation sites (tertiary alicyclic amines) is 1. The van der Waals surface area contributed by atoms with E-state index in [1.165, 1.54) is 0 Å². The van der Waals surface area contributed by atoms with E-state index in [0.717, 1.165) is 30.1 Å². The highest BCUT2D eigenvalue weighted by Gasteiger charge is 2.28. The molecule has 0 unspecified atom stereocenters. The first kappa shape index (κ1) is 10.6. The first-order valence-corrected chi connectivity index (χ1v) is 5.99. The van der Waals surface area contributed by atoms with Crippen molar-refractivity contribution in [3.8, 4) is 0 Å². The van der Waals surface area contributed by atoms with Crippen LogP contribution in [-0.2, 0) is 4.79 Å². The summed E-state index contributed by atoms with van der Waals surface area (Å²) in [7, 11) is 0. The molecule has 1 atom stereocenters. The number of rotatable bonds is 3. The minimum Gasteiger partial charge on any atom is -0.369 e. The number of carbonyl (C=O) groups is 1. The molecule has 1 aliphatic rings. The molecular weight excluding hydrogens is 210 g/mol. The van der Waals surface area contributed by atoms with Gasteiger partial charge in [0.1, 0.15) is 5.01 Å². The zero-order valence-electron chi connectivity index (χ0n) is 8.77. The van der Waals surface area contributed by atoms with Crippen LogP contribution in [0.25, 0.3) is 0 Å². The van der Waals surface area contributed by atoms with Gasteiger partial charge in [-0.25, -0.2) is 4.98 Å². The highest BCUT2D eigenvalue weighted by atomic mass is 32.1. The molecule has 1 fully saturated rings. The van der Waals surface area contributed by atoms with E-state index in [2.05, 4.69) is 15.3 Å². The molecular formula is C10H15N3OS. The Morgan fingerprint density at radius 3 is 3.20 bits per heavy atom. The van der Waals surface area contributed by atoms with Crippen LogP contribution in [0.1, 0.15) is 29.6 Å². The Kier molecular flexibility index (Phi) is 3.02. The fourth-order valence-electron chi connectivity index (χ4n) is 2.02. The molecule has 82 valence electrons. The van der Waals surface area contributed by atoms with Gasteiger partial charge in [-0.15, -0.1) is 11.3 Å². The second-order valence-electron chi connectivity index (χ2n) is 3.92. The largest absolute Gasteiger partial charge is 0.369 e. The van der Waals surface area contributed by atoms with Crippen molar-refractivity contribution in [2.24, 2.45) is 5.73 Å². The molecule has 2 heterocycles. The second kappa shape index (κ2) is 4.28. The van der Waals surface area contributed by atoms with E-state index in [-0.39, 0.29) is 5.91 Å². The molecule has 0 aliphatic carbocycles. The minimum absolute atomic E-state index is 0.254. The van der Waals surface area contributed by atoms with Crippen molar-refractivity contribution in [1.82, 2.24) is 9.88 Å². The number of hydrogen-bond acceptors (Lipinski definition) is 4. The van der Waals surface area contributed by atoms with Crippen molar-refractivity contribution < 1.29 is 4.79 Å². The van der Waals surface area contributed by atoms with Gasteiger partial charge in [-0.2, -0.15) is 0 Å². The highest BCUT2D eigenvalue weighted by Crippen LogP contribution is 2.33. The molecule has 0 saturated carbocycles. The number of amides is 1. The molecule has 0 bridgehead atoms. The van der Waals surface area contributed by atoms with E-state index >= 15 is 0 Å². The molecule has 0 spiro atoms. The van der Waals surface area contributed by atoms with Crippen LogP contribution in [0.4, 0.5) is 0 Å². The van der Waals surface area contributed by atoms with Gasteiger partial charge in [-0.1, -0.05) is 0 Å². The lowest BCUT2D eigenvalue weighted by molar-refractivity contribution is -0.119. The van der Waals surface area contributed by atoms with Crippen LogP contribution in [0, 0.1) is 6.92 Å². The average Bonchev–Trinajstić information content (AvgIpc) is 2.72. The van der Waals surface area contributed by atoms with Gasteiger partial charge >= 0.3 is 0 Å². The Hall–Kier alpha value is -0.940. The van der Waals surface area contributed by atoms with Crippen LogP contribution >= 0.6 is 11.3 Å². The maximum Gasteiger partial charge on any atom is 0.231 e. The molecule has 1 amide bonds. The van der Waals surface area contributed by atoms with Gasteiger partial charge < -0.3 is 5.73 Å². The Bertz CT molecular complexity index is 363. The average molecular weight is 225 g/mol. The SMILES string of the molecule is Cc1csc([C@@H]2CCCN2CC(N)=O)n1. The number of thiazole rings is 1. The zero-order chi connectivity index (χ0) is 10.8. The monoisotopic (exact) mass is 225 g/mol. The number of aryl methyl sites for hydroxylation is 1. The molecule has 2 N–H and O–H groups in total. The number of nitrogens with two attached hydrogens (primary N) is 1. The lowest BCUT2D eigenvalue weighted by Gasteiger charge is -2.20. The van der Waals surface area contributed by atoms with Crippen LogP contribution in [0.2, 0.25) is 0 Å². The van der Waals surface area contributed by atoms with Gasteiger partial charge in [0.15, 0.2) is 0 Å². The summed E-state index contributed by atoms with van der Waals surface area (Å²) in [5, 5.41) is 3.17. The highest BCUT2D eigenvalue weighted by molar-refractivity contribution is 7.09. The summed E-state index contributed by atoms with van der Waals surface area (Å²) in [6.45, 7) is 3.29. The van der Waals surface area contributed by atoms with Gasteiger partial charge in [0.2, 0.25) is 5.91 Å². The van der Waals surface area contributed by atoms with E-state index < -0.39 is 0 Å². The Morgan fingerprint density at radius 1 is 1.80 bits per heavy atom. The molecule has 1 saturated heterocycles. The maximum absolute atomic E-state index is 10.9. The van der Waals surface area contributed by atoms with Gasteiger partial charge in [-0.05, 0) is 26.3 Å². The van der Waals surface area contributed by atoms with E-state index in [9.17, 15) is 4.79 Å². The van der Waals surface area contributed by atoms with Gasteiger partial charge in [0.05, 0.1) is 12.6 Å². The van der Waals surface area contributed by atoms with Crippen LogP contribution in [-0.4, -0.2) is 28.9 Å². The lowest BCUT2D eigenvalue weighted by Crippen LogP contribution is -2.33. The third-order valence-corrected chi connectivity index (χ3v) is 3.71. The summed E-state index contributed by atoms with van der Waals surface area (Å²) in [6, 6.07) is 0.302. The Morgan fingerprint density at radius 2 is 2.60 bits per heavy atom. The van der Waals surface area contributed by atoms with E-state index in [1.807, 2.05) is 6.92 Å². The number of primary amides is 1. The van der Waals surface area contributed by atoms with Crippen molar-refractivity contribution in [3.05, 3.63) is 16.1 Å². The van der Waals surface area contributed by atoms with E-state index in [4.69, 9.17) is 5.73 Å². The zero-order valence-corrected chi connectivity index (χ0v) is 9.59. The third kappa shape index (κ3) is 2.35. The fourth-order valence-corrected chi connectivity index (χ4v) is 2.99. The molecule has 5 heteroatoms. The summed E-state index contributed by atoms with van der Waals surface area (Å²) in [4.78, 5) is 17.5. The van der Waals surface area contributed by atoms with Crippen LogP contribution in [0.15, 0.2) is 5.38 Å². The molecule has 1 aliphatic heterocycles. The molecule has 1 aromatic rings. The van der Waals surface area contributed by atoms with Gasteiger partial charge in [-0.3, -0.25) is 9.69 Å². The summed E-state index contributed by atoms with van der Waals surface area (Å²) < 4.78 is 0. The summed E-state index contributed by atoms with van der Waals surface area (Å²) in [5.41, 5.74) is 6.28. The Labute approximate surface area is 93.1 Å². The molecule has 15 heavy (non-hydrogen) atoms. The summed E-state index contributed by atoms with van der Waals surface area (Å²) >= 11 is 1.67. The predicted octanol–water partition coefficient (Wildman–Crippen LogP) is 1.07. The fraction of sp³-hybridized carbons (Fsp3) is 0.600. The molecule has 0 aromatic carbocycles. The predicted molar refractivity (Wildman–Crippen MR) is 59.6 cm³/mol. The van der Waals surface area contributed by atoms with Crippen LogP contribution in [0.3, 0.4) is 0 Å². The number of aromatic nitrogens is 1. The molecule has 4 nitrogen and oxygen atoms in total. The lowest BCUT2D eigenvalue weighted by atomic mass is 10.2. The molecule has 0 radical (unpaired) electrons. The van der Waals surface area contributed by atoms with Crippen LogP contribution < -0.4 is 5.73 Å². The third-order valence-electron chi connectivity index (χ3n) is 2.64. The first-order chi connectivity index (χ1) is 7.16. The Balaban J connectivity index is 2.10. The quantitative estimate of drug-likeness (QED) is 0.837. The van der Waals surface area contributed by atoms with Gasteiger partial charge in [0, 0.05) is 11.1 Å². The van der Waals surface area contributed by atoms with Crippen molar-refractivity contribution in [2.75, 3.05) is 13.1 Å². The smallest absolute Gasteiger partial charge is 0.231 e. The first-order valence-electron chi connectivity index (χ1n) is 5.11. The molecule has 2 rings (SSSR count). The normalized spacial score (nSPS) is 22.1. The minimum atomic E-state index is -0.254. The summed E-state index contributed by atoms with van der Waals surface area (Å²) in [6.07, 6.45) is 2.21. The number of carbonyl (C=O) groups excluding carboxylic acids is 1. The number of nitrogens with zero attached hydrogens (tertiary/aromatic N) is 2. The van der Waals surface area contributed by atoms with E-state index in [0.29, 0.717) is 12.6 Å². The summed E-state index contributed by atoms with van der Waals surface area (Å²) in [5.74, 6) is -0.254. The standard InChI is InChI=1S/C10H15N3OS/c1-7-6-15-10(12-7)8-3-2-4-13(8)5-9(11)14/h6,8H,2-5H2,1H3,(H2,11,14)/t8-/m0/s1. The van der Waals surface area contributed by atoms with Crippen molar-refractivity contribution in [2.45, 2.75) is 25.8 Å². The maximum atomic E-state index is 10.9. The van der Waals surface area contributed by atoms with E-state index in [1.54, 1.807) is 11.3 Å². The van der Waals surface area contributed by atoms with Gasteiger partial charge in [0.25, 0.3) is 0 Å².